The van der Waals surface area contributed by atoms with Crippen LogP contribution in [0.2, 0.25) is 0 Å². The van der Waals surface area contributed by atoms with Crippen LogP contribution in [0.4, 0.5) is 5.69 Å². The summed E-state index contributed by atoms with van der Waals surface area (Å²) in [6, 6.07) is 19.6. The Morgan fingerprint density at radius 1 is 1.00 bits per heavy atom. The third kappa shape index (κ3) is 3.87. The number of benzene rings is 2. The second kappa shape index (κ2) is 8.22. The van der Waals surface area contributed by atoms with Crippen LogP contribution in [0.15, 0.2) is 66.9 Å². The Morgan fingerprint density at radius 3 is 2.46 bits per heavy atom. The summed E-state index contributed by atoms with van der Waals surface area (Å²) in [6.07, 6.45) is 5.92. The van der Waals surface area contributed by atoms with Gasteiger partial charge in [0, 0.05) is 18.2 Å². The van der Waals surface area contributed by atoms with E-state index >= 15 is 0 Å². The van der Waals surface area contributed by atoms with Gasteiger partial charge in [0.15, 0.2) is 0 Å². The Kier molecular flexibility index (Phi) is 5.13. The van der Waals surface area contributed by atoms with E-state index < -0.39 is 0 Å². The molecule has 1 aliphatic heterocycles. The number of fused-ring (bicyclic) bond motifs is 2. The van der Waals surface area contributed by atoms with Crippen LogP contribution in [0.3, 0.4) is 0 Å². The monoisotopic (exact) mass is 467 g/mol. The van der Waals surface area contributed by atoms with Gasteiger partial charge in [-0.3, -0.25) is 9.78 Å². The number of hydrogen-bond donors (Lipinski definition) is 1. The third-order valence-corrected chi connectivity index (χ3v) is 7.65. The average Bonchev–Trinajstić information content (AvgIpc) is 3.80. The number of pyridine rings is 1. The molecule has 2 heterocycles. The van der Waals surface area contributed by atoms with Crippen molar-refractivity contribution in [2.75, 3.05) is 18.1 Å². The number of amides is 1. The van der Waals surface area contributed by atoms with Gasteiger partial charge < -0.3 is 15.0 Å². The van der Waals surface area contributed by atoms with Crippen molar-refractivity contribution in [1.82, 2.24) is 10.3 Å². The highest BCUT2D eigenvalue weighted by Gasteiger charge is 2.53. The van der Waals surface area contributed by atoms with Crippen LogP contribution in [0.1, 0.15) is 70.1 Å². The maximum Gasteiger partial charge on any atom is 0.338 e. The van der Waals surface area contributed by atoms with Gasteiger partial charge in [-0.1, -0.05) is 30.3 Å². The molecule has 6 nitrogen and oxygen atoms in total. The second-order valence-electron chi connectivity index (χ2n) is 9.99. The normalized spacial score (nSPS) is 18.1. The van der Waals surface area contributed by atoms with Gasteiger partial charge in [0.25, 0.3) is 5.91 Å². The first-order valence-electron chi connectivity index (χ1n) is 12.4. The Bertz CT molecular complexity index is 1280. The smallest absolute Gasteiger partial charge is 0.338 e. The third-order valence-electron chi connectivity index (χ3n) is 7.65. The topological polar surface area (TPSA) is 71.5 Å². The van der Waals surface area contributed by atoms with Crippen molar-refractivity contribution in [1.29, 1.82) is 0 Å². The van der Waals surface area contributed by atoms with Crippen molar-refractivity contribution < 1.29 is 14.3 Å². The minimum atomic E-state index is -0.380. The number of aromatic nitrogens is 1. The average molecular weight is 468 g/mol. The maximum absolute atomic E-state index is 13.7. The van der Waals surface area contributed by atoms with Gasteiger partial charge in [0.2, 0.25) is 0 Å². The highest BCUT2D eigenvalue weighted by Crippen LogP contribution is 2.57. The molecule has 0 unspecified atom stereocenters. The molecular weight excluding hydrogens is 438 g/mol. The summed E-state index contributed by atoms with van der Waals surface area (Å²) in [4.78, 5) is 32.6. The molecule has 3 aliphatic rings. The van der Waals surface area contributed by atoms with E-state index in [9.17, 15) is 9.59 Å². The van der Waals surface area contributed by atoms with E-state index in [-0.39, 0.29) is 22.8 Å². The molecule has 0 saturated heterocycles. The van der Waals surface area contributed by atoms with E-state index in [0.29, 0.717) is 18.7 Å². The summed E-state index contributed by atoms with van der Waals surface area (Å²) in [5.41, 5.74) is 5.44. The van der Waals surface area contributed by atoms with Gasteiger partial charge in [-0.05, 0) is 74.1 Å². The predicted molar refractivity (Wildman–Crippen MR) is 133 cm³/mol. The van der Waals surface area contributed by atoms with E-state index in [0.717, 1.165) is 41.9 Å². The summed E-state index contributed by atoms with van der Waals surface area (Å²) < 4.78 is 5.09. The Morgan fingerprint density at radius 2 is 1.80 bits per heavy atom. The lowest BCUT2D eigenvalue weighted by Crippen LogP contribution is -2.36. The molecule has 2 aromatic carbocycles. The predicted octanol–water partition coefficient (Wildman–Crippen LogP) is 4.73. The molecule has 6 rings (SSSR count). The number of para-hydroxylation sites is 1. The van der Waals surface area contributed by atoms with Crippen molar-refractivity contribution in [3.05, 3.63) is 94.8 Å². The van der Waals surface area contributed by atoms with E-state index in [1.54, 1.807) is 19.1 Å². The lowest BCUT2D eigenvalue weighted by molar-refractivity contribution is 0.0526. The molecule has 1 N–H and O–H groups in total. The largest absolute Gasteiger partial charge is 0.462 e. The number of ether oxygens (including phenoxy) is 1. The number of nitrogens with one attached hydrogen (secondary N) is 1. The van der Waals surface area contributed by atoms with Crippen LogP contribution >= 0.6 is 0 Å². The van der Waals surface area contributed by atoms with Gasteiger partial charge in [-0.2, -0.15) is 0 Å². The van der Waals surface area contributed by atoms with Crippen LogP contribution in [-0.2, 0) is 22.2 Å². The Labute approximate surface area is 205 Å². The summed E-state index contributed by atoms with van der Waals surface area (Å²) in [5.74, 6) is -0.368. The van der Waals surface area contributed by atoms with Gasteiger partial charge >= 0.3 is 5.97 Å². The SMILES string of the molecule is CCOC(=O)c1ccc(C2(NC(=O)c3cccc4c3N(Cc3ccccn3)CC43CC3)CC2)cc1. The van der Waals surface area contributed by atoms with E-state index in [4.69, 9.17) is 4.74 Å². The van der Waals surface area contributed by atoms with E-state index in [1.807, 2.05) is 48.7 Å². The zero-order chi connectivity index (χ0) is 24.0. The highest BCUT2D eigenvalue weighted by molar-refractivity contribution is 6.02. The van der Waals surface area contributed by atoms with Crippen LogP contribution in [0.25, 0.3) is 0 Å². The minimum Gasteiger partial charge on any atom is -0.462 e. The molecular formula is C29H29N3O3. The molecule has 3 aromatic rings. The molecule has 1 spiro atoms. The van der Waals surface area contributed by atoms with Crippen LogP contribution < -0.4 is 10.2 Å². The molecule has 0 bridgehead atoms. The summed E-state index contributed by atoms with van der Waals surface area (Å²) in [5, 5.41) is 3.34. The second-order valence-corrected chi connectivity index (χ2v) is 9.99. The van der Waals surface area contributed by atoms with Crippen LogP contribution in [0.5, 0.6) is 0 Å². The van der Waals surface area contributed by atoms with Gasteiger partial charge in [-0.15, -0.1) is 0 Å². The Hall–Kier alpha value is -3.67. The quantitative estimate of drug-likeness (QED) is 0.509. The first-order chi connectivity index (χ1) is 17.0. The molecule has 2 fully saturated rings. The standard InChI is InChI=1S/C29H29N3O3/c1-2-35-27(34)20-9-11-21(12-10-20)29(15-16-29)31-26(33)23-7-5-8-24-25(23)32(19-28(24)13-14-28)18-22-6-3-4-17-30-22/h3-12,17H,2,13-16,18-19H2,1H3,(H,31,33). The molecule has 6 heteroatoms. The first-order valence-corrected chi connectivity index (χ1v) is 12.4. The van der Waals surface area contributed by atoms with Gasteiger partial charge in [-0.25, -0.2) is 4.79 Å². The molecule has 35 heavy (non-hydrogen) atoms. The summed E-state index contributed by atoms with van der Waals surface area (Å²) >= 11 is 0. The number of esters is 1. The fourth-order valence-corrected chi connectivity index (χ4v) is 5.46. The lowest BCUT2D eigenvalue weighted by Gasteiger charge is -2.24. The molecule has 178 valence electrons. The number of nitrogens with zero attached hydrogens (tertiary/aromatic N) is 2. The van der Waals surface area contributed by atoms with Gasteiger partial charge in [0.05, 0.1) is 41.2 Å². The summed E-state index contributed by atoms with van der Waals surface area (Å²) in [7, 11) is 0. The number of hydrogen-bond acceptors (Lipinski definition) is 5. The highest BCUT2D eigenvalue weighted by atomic mass is 16.5. The van der Waals surface area contributed by atoms with E-state index in [1.165, 1.54) is 18.4 Å². The minimum absolute atomic E-state index is 0.0439. The fourth-order valence-electron chi connectivity index (χ4n) is 5.46. The fraction of sp³-hybridized carbons (Fsp3) is 0.345. The molecule has 1 aromatic heterocycles. The lowest BCUT2D eigenvalue weighted by atomic mass is 9.96. The van der Waals surface area contributed by atoms with Crippen LogP contribution in [-0.4, -0.2) is 30.0 Å². The summed E-state index contributed by atoms with van der Waals surface area (Å²) in [6.45, 7) is 3.77. The first kappa shape index (κ1) is 21.8. The number of anilines is 1. The van der Waals surface area contributed by atoms with Crippen LogP contribution in [0, 0.1) is 0 Å². The zero-order valence-corrected chi connectivity index (χ0v) is 19.9. The number of rotatable bonds is 7. The molecule has 2 aliphatic carbocycles. The number of carbonyl (C=O) groups is 2. The van der Waals surface area contributed by atoms with Crippen molar-refractivity contribution in [2.24, 2.45) is 0 Å². The molecule has 0 atom stereocenters. The number of carbonyl (C=O) groups excluding carboxylic acids is 2. The zero-order valence-electron chi connectivity index (χ0n) is 19.9. The Balaban J connectivity index is 1.27. The van der Waals surface area contributed by atoms with Crippen molar-refractivity contribution in [3.63, 3.8) is 0 Å². The molecule has 1 amide bonds. The van der Waals surface area contributed by atoms with Gasteiger partial charge in [0.1, 0.15) is 0 Å². The van der Waals surface area contributed by atoms with Crippen molar-refractivity contribution >= 4 is 17.6 Å². The van der Waals surface area contributed by atoms with E-state index in [2.05, 4.69) is 21.3 Å². The van der Waals surface area contributed by atoms with Crippen molar-refractivity contribution in [2.45, 2.75) is 50.1 Å². The maximum atomic E-state index is 13.7. The van der Waals surface area contributed by atoms with Crippen molar-refractivity contribution in [3.8, 4) is 0 Å². The molecule has 0 radical (unpaired) electrons. The molecule has 2 saturated carbocycles.